The SMILES string of the molecule is CC(C)NC(=O)C(Cc1ccccc1)N(Cc1ccc(Cl)cc1)C(=O)CN(c1cccc(Cl)c1)S(=O)(=O)c1ccccc1. The van der Waals surface area contributed by atoms with Crippen LogP contribution < -0.4 is 9.62 Å². The average molecular weight is 639 g/mol. The van der Waals surface area contributed by atoms with Gasteiger partial charge in [0, 0.05) is 29.1 Å². The number of nitrogens with zero attached hydrogens (tertiary/aromatic N) is 2. The van der Waals surface area contributed by atoms with Gasteiger partial charge in [-0.05, 0) is 67.4 Å². The molecule has 1 atom stereocenters. The number of carbonyl (C=O) groups is 2. The van der Waals surface area contributed by atoms with Crippen molar-refractivity contribution in [3.8, 4) is 0 Å². The van der Waals surface area contributed by atoms with Crippen LogP contribution in [0.5, 0.6) is 0 Å². The van der Waals surface area contributed by atoms with Gasteiger partial charge in [0.25, 0.3) is 10.0 Å². The summed E-state index contributed by atoms with van der Waals surface area (Å²) >= 11 is 12.4. The van der Waals surface area contributed by atoms with Gasteiger partial charge >= 0.3 is 0 Å². The van der Waals surface area contributed by atoms with Crippen LogP contribution in [-0.4, -0.2) is 43.8 Å². The number of benzene rings is 4. The zero-order chi connectivity index (χ0) is 31.0. The Labute approximate surface area is 263 Å². The van der Waals surface area contributed by atoms with E-state index in [1.54, 1.807) is 60.7 Å². The van der Waals surface area contributed by atoms with Crippen LogP contribution in [-0.2, 0) is 32.6 Å². The highest BCUT2D eigenvalue weighted by Gasteiger charge is 2.34. The van der Waals surface area contributed by atoms with Gasteiger partial charge in [-0.3, -0.25) is 13.9 Å². The molecule has 0 aliphatic carbocycles. The smallest absolute Gasteiger partial charge is 0.264 e. The fraction of sp³-hybridized carbons (Fsp3) is 0.212. The van der Waals surface area contributed by atoms with Gasteiger partial charge in [0.2, 0.25) is 11.8 Å². The normalized spacial score (nSPS) is 12.0. The number of amides is 2. The lowest BCUT2D eigenvalue weighted by Crippen LogP contribution is -2.54. The van der Waals surface area contributed by atoms with Crippen LogP contribution in [0, 0.1) is 0 Å². The molecule has 0 spiro atoms. The summed E-state index contributed by atoms with van der Waals surface area (Å²) in [4.78, 5) is 29.5. The third kappa shape index (κ3) is 8.60. The first-order chi connectivity index (χ1) is 20.5. The Kier molecular flexibility index (Phi) is 10.9. The Morgan fingerprint density at radius 3 is 2.00 bits per heavy atom. The third-order valence-corrected chi connectivity index (χ3v) is 8.95. The largest absolute Gasteiger partial charge is 0.352 e. The minimum absolute atomic E-state index is 0.0189. The minimum atomic E-state index is -4.19. The molecule has 0 bridgehead atoms. The van der Waals surface area contributed by atoms with Crippen LogP contribution in [0.4, 0.5) is 5.69 Å². The van der Waals surface area contributed by atoms with Crippen LogP contribution in [0.25, 0.3) is 0 Å². The monoisotopic (exact) mass is 637 g/mol. The highest BCUT2D eigenvalue weighted by molar-refractivity contribution is 7.92. The first-order valence-electron chi connectivity index (χ1n) is 13.8. The van der Waals surface area contributed by atoms with E-state index in [1.807, 2.05) is 44.2 Å². The Bertz CT molecular complexity index is 1630. The van der Waals surface area contributed by atoms with Crippen molar-refractivity contribution in [1.82, 2.24) is 10.2 Å². The van der Waals surface area contributed by atoms with Crippen molar-refractivity contribution in [3.05, 3.63) is 130 Å². The molecule has 1 unspecified atom stereocenters. The molecule has 4 aromatic carbocycles. The second-order valence-electron chi connectivity index (χ2n) is 10.3. The molecule has 0 fully saturated rings. The molecule has 0 saturated heterocycles. The summed E-state index contributed by atoms with van der Waals surface area (Å²) in [6, 6.07) is 29.4. The number of anilines is 1. The van der Waals surface area contributed by atoms with Crippen molar-refractivity contribution in [2.45, 2.75) is 43.8 Å². The topological polar surface area (TPSA) is 86.8 Å². The van der Waals surface area contributed by atoms with E-state index in [0.717, 1.165) is 15.4 Å². The van der Waals surface area contributed by atoms with Crippen LogP contribution in [0.15, 0.2) is 114 Å². The molecule has 0 saturated carbocycles. The lowest BCUT2D eigenvalue weighted by atomic mass is 10.0. The van der Waals surface area contributed by atoms with Crippen LogP contribution in [0.1, 0.15) is 25.0 Å². The maximum absolute atomic E-state index is 14.4. The standard InChI is InChI=1S/C33H33Cl2N3O4S/c1-24(2)36-33(40)31(20-25-10-5-3-6-11-25)37(22-26-16-18-27(34)19-17-26)32(39)23-38(29-13-9-12-28(35)21-29)43(41,42)30-14-7-4-8-15-30/h3-19,21,24,31H,20,22-23H2,1-2H3,(H,36,40). The maximum Gasteiger partial charge on any atom is 0.264 e. The van der Waals surface area contributed by atoms with Crippen molar-refractivity contribution >= 4 is 50.7 Å². The lowest BCUT2D eigenvalue weighted by molar-refractivity contribution is -0.140. The zero-order valence-corrected chi connectivity index (χ0v) is 26.2. The van der Waals surface area contributed by atoms with Crippen molar-refractivity contribution in [3.63, 3.8) is 0 Å². The van der Waals surface area contributed by atoms with Gasteiger partial charge in [0.05, 0.1) is 10.6 Å². The van der Waals surface area contributed by atoms with Gasteiger partial charge < -0.3 is 10.2 Å². The van der Waals surface area contributed by atoms with E-state index in [0.29, 0.717) is 10.0 Å². The minimum Gasteiger partial charge on any atom is -0.352 e. The fourth-order valence-electron chi connectivity index (χ4n) is 4.60. The predicted octanol–water partition coefficient (Wildman–Crippen LogP) is 6.35. The number of hydrogen-bond acceptors (Lipinski definition) is 4. The molecular weight excluding hydrogens is 605 g/mol. The lowest BCUT2D eigenvalue weighted by Gasteiger charge is -2.34. The molecule has 7 nitrogen and oxygen atoms in total. The molecule has 0 aliphatic rings. The summed E-state index contributed by atoms with van der Waals surface area (Å²) in [6.07, 6.45) is 0.224. The van der Waals surface area contributed by atoms with Gasteiger partial charge in [-0.15, -0.1) is 0 Å². The van der Waals surface area contributed by atoms with E-state index in [4.69, 9.17) is 23.2 Å². The summed E-state index contributed by atoms with van der Waals surface area (Å²) in [6.45, 7) is 3.17. The van der Waals surface area contributed by atoms with Crippen molar-refractivity contribution in [2.75, 3.05) is 10.8 Å². The van der Waals surface area contributed by atoms with Gasteiger partial charge in [-0.2, -0.15) is 0 Å². The van der Waals surface area contributed by atoms with Crippen LogP contribution >= 0.6 is 23.2 Å². The van der Waals surface area contributed by atoms with Gasteiger partial charge in [0.1, 0.15) is 12.6 Å². The summed E-state index contributed by atoms with van der Waals surface area (Å²) in [5.41, 5.74) is 1.81. The summed E-state index contributed by atoms with van der Waals surface area (Å²) in [5.74, 6) is -0.907. The second kappa shape index (κ2) is 14.6. The predicted molar refractivity (Wildman–Crippen MR) is 172 cm³/mol. The van der Waals surface area contributed by atoms with Crippen molar-refractivity contribution in [1.29, 1.82) is 0 Å². The van der Waals surface area contributed by atoms with E-state index < -0.39 is 28.5 Å². The molecule has 1 N–H and O–H groups in total. The van der Waals surface area contributed by atoms with E-state index in [1.165, 1.54) is 23.1 Å². The van der Waals surface area contributed by atoms with Gasteiger partial charge in [0.15, 0.2) is 0 Å². The molecule has 4 aromatic rings. The maximum atomic E-state index is 14.4. The van der Waals surface area contributed by atoms with Crippen LogP contribution in [0.3, 0.4) is 0 Å². The quantitative estimate of drug-likeness (QED) is 0.196. The Morgan fingerprint density at radius 1 is 0.767 bits per heavy atom. The van der Waals surface area contributed by atoms with Crippen LogP contribution in [0.2, 0.25) is 10.0 Å². The van der Waals surface area contributed by atoms with Gasteiger partial charge in [-0.1, -0.05) is 89.9 Å². The summed E-state index contributed by atoms with van der Waals surface area (Å²) < 4.78 is 28.9. The molecule has 224 valence electrons. The van der Waals surface area contributed by atoms with Crippen molar-refractivity contribution in [2.24, 2.45) is 0 Å². The second-order valence-corrected chi connectivity index (χ2v) is 13.1. The van der Waals surface area contributed by atoms with E-state index in [-0.39, 0.29) is 35.5 Å². The number of rotatable bonds is 12. The molecule has 10 heteroatoms. The Morgan fingerprint density at radius 2 is 1.40 bits per heavy atom. The fourth-order valence-corrected chi connectivity index (χ4v) is 6.34. The Balaban J connectivity index is 1.80. The zero-order valence-electron chi connectivity index (χ0n) is 23.9. The van der Waals surface area contributed by atoms with Gasteiger partial charge in [-0.25, -0.2) is 8.42 Å². The molecule has 0 heterocycles. The first kappa shape index (κ1) is 32.1. The van der Waals surface area contributed by atoms with E-state index >= 15 is 0 Å². The third-order valence-electron chi connectivity index (χ3n) is 6.67. The molecule has 0 aliphatic heterocycles. The average Bonchev–Trinajstić information content (AvgIpc) is 2.99. The van der Waals surface area contributed by atoms with Crippen molar-refractivity contribution < 1.29 is 18.0 Å². The molecule has 0 radical (unpaired) electrons. The summed E-state index contributed by atoms with van der Waals surface area (Å²) in [7, 11) is -4.19. The molecule has 0 aromatic heterocycles. The molecular formula is C33H33Cl2N3O4S. The molecule has 2 amide bonds. The van der Waals surface area contributed by atoms with E-state index in [9.17, 15) is 18.0 Å². The summed E-state index contributed by atoms with van der Waals surface area (Å²) in [5, 5.41) is 3.78. The highest BCUT2D eigenvalue weighted by atomic mass is 35.5. The number of hydrogen-bond donors (Lipinski definition) is 1. The first-order valence-corrected chi connectivity index (χ1v) is 16.0. The number of halogens is 2. The number of nitrogens with one attached hydrogen (secondary N) is 1. The highest BCUT2D eigenvalue weighted by Crippen LogP contribution is 2.27. The number of sulfonamides is 1. The molecule has 4 rings (SSSR count). The number of carbonyl (C=O) groups excluding carboxylic acids is 2. The van der Waals surface area contributed by atoms with E-state index in [2.05, 4.69) is 5.32 Å². The molecule has 43 heavy (non-hydrogen) atoms. The Hall–Kier alpha value is -3.85.